The van der Waals surface area contributed by atoms with Crippen molar-refractivity contribution in [3.05, 3.63) is 42.7 Å². The third-order valence-electron chi connectivity index (χ3n) is 3.12. The number of para-hydroxylation sites is 1. The van der Waals surface area contributed by atoms with Crippen molar-refractivity contribution in [1.82, 2.24) is 15.1 Å². The molecule has 1 aliphatic rings. The minimum Gasteiger partial charge on any atom is -0.359 e. The summed E-state index contributed by atoms with van der Waals surface area (Å²) in [5, 5.41) is 14.2. The van der Waals surface area contributed by atoms with Gasteiger partial charge in [-0.3, -0.25) is 4.68 Å². The van der Waals surface area contributed by atoms with E-state index in [9.17, 15) is 0 Å². The number of ether oxygens (including phenoxy) is 1. The molecular weight excluding hydrogens is 254 g/mol. The maximum absolute atomic E-state index is 5.98. The van der Waals surface area contributed by atoms with Crippen LogP contribution in [0.15, 0.2) is 42.7 Å². The van der Waals surface area contributed by atoms with E-state index in [2.05, 4.69) is 21.0 Å². The van der Waals surface area contributed by atoms with Gasteiger partial charge in [0.1, 0.15) is 12.5 Å². The maximum atomic E-state index is 5.98. The molecule has 1 fully saturated rings. The fourth-order valence-electron chi connectivity index (χ4n) is 2.21. The summed E-state index contributed by atoms with van der Waals surface area (Å²) in [6, 6.07) is 10.1. The Balaban J connectivity index is 1.56. The van der Waals surface area contributed by atoms with Gasteiger partial charge >= 0.3 is 0 Å². The number of hydrogen-bond donors (Lipinski definition) is 3. The van der Waals surface area contributed by atoms with Crippen LogP contribution in [-0.4, -0.2) is 35.3 Å². The topological polar surface area (TPSA) is 63.1 Å². The Hall–Kier alpha value is -2.05. The Labute approximate surface area is 118 Å². The molecule has 1 aromatic heterocycles. The minimum absolute atomic E-state index is 0.0553. The van der Waals surface area contributed by atoms with Gasteiger partial charge in [-0.2, -0.15) is 5.10 Å². The molecule has 2 atom stereocenters. The monoisotopic (exact) mass is 273 g/mol. The molecule has 0 bridgehead atoms. The van der Waals surface area contributed by atoms with E-state index in [1.807, 2.05) is 43.6 Å². The van der Waals surface area contributed by atoms with Gasteiger partial charge in [-0.05, 0) is 12.1 Å². The zero-order valence-electron chi connectivity index (χ0n) is 11.4. The summed E-state index contributed by atoms with van der Waals surface area (Å²) in [5.41, 5.74) is 2.01. The number of aryl methyl sites for hydroxylation is 1. The number of nitrogens with zero attached hydrogens (tertiary/aromatic N) is 2. The average Bonchev–Trinajstić information content (AvgIpc) is 2.86. The van der Waals surface area contributed by atoms with E-state index in [1.54, 1.807) is 10.9 Å². The predicted molar refractivity (Wildman–Crippen MR) is 78.4 cm³/mol. The quantitative estimate of drug-likeness (QED) is 0.781. The highest BCUT2D eigenvalue weighted by molar-refractivity contribution is 5.43. The van der Waals surface area contributed by atoms with Crippen molar-refractivity contribution in [2.45, 2.75) is 12.5 Å². The second-order valence-electron chi connectivity index (χ2n) is 4.83. The summed E-state index contributed by atoms with van der Waals surface area (Å²) >= 11 is 0. The smallest absolute Gasteiger partial charge is 0.143 e. The first-order valence-corrected chi connectivity index (χ1v) is 6.72. The van der Waals surface area contributed by atoms with Crippen LogP contribution in [0.25, 0.3) is 0 Å². The number of morpholine rings is 1. The fraction of sp³-hybridized carbons (Fsp3) is 0.357. The second kappa shape index (κ2) is 5.94. The maximum Gasteiger partial charge on any atom is 0.143 e. The average molecular weight is 273 g/mol. The van der Waals surface area contributed by atoms with Crippen LogP contribution in [0.4, 0.5) is 11.4 Å². The van der Waals surface area contributed by atoms with Crippen molar-refractivity contribution < 1.29 is 4.74 Å². The van der Waals surface area contributed by atoms with Crippen molar-refractivity contribution >= 4 is 11.4 Å². The molecule has 1 saturated heterocycles. The number of aromatic nitrogens is 2. The highest BCUT2D eigenvalue weighted by Gasteiger charge is 2.21. The van der Waals surface area contributed by atoms with Crippen LogP contribution in [0.2, 0.25) is 0 Å². The first-order valence-electron chi connectivity index (χ1n) is 6.72. The van der Waals surface area contributed by atoms with Gasteiger partial charge in [-0.15, -0.1) is 0 Å². The van der Waals surface area contributed by atoms with Crippen LogP contribution in [0.1, 0.15) is 0 Å². The summed E-state index contributed by atoms with van der Waals surface area (Å²) < 4.78 is 7.74. The molecule has 1 aromatic carbocycles. The van der Waals surface area contributed by atoms with Gasteiger partial charge in [0.15, 0.2) is 0 Å². The van der Waals surface area contributed by atoms with E-state index >= 15 is 0 Å². The lowest BCUT2D eigenvalue weighted by atomic mass is 10.3. The molecule has 6 nitrogen and oxygen atoms in total. The highest BCUT2D eigenvalue weighted by Crippen LogP contribution is 2.13. The van der Waals surface area contributed by atoms with Gasteiger partial charge in [0.25, 0.3) is 0 Å². The first-order chi connectivity index (χ1) is 9.79. The van der Waals surface area contributed by atoms with Crippen LogP contribution in [0.3, 0.4) is 0 Å². The zero-order chi connectivity index (χ0) is 13.8. The largest absolute Gasteiger partial charge is 0.359 e. The van der Waals surface area contributed by atoms with E-state index in [4.69, 9.17) is 4.74 Å². The minimum atomic E-state index is -0.0748. The number of benzene rings is 1. The molecule has 3 rings (SSSR count). The molecule has 2 unspecified atom stereocenters. The van der Waals surface area contributed by atoms with Crippen LogP contribution in [0, 0.1) is 0 Å². The first kappa shape index (κ1) is 13.0. The number of rotatable bonds is 4. The Morgan fingerprint density at radius 3 is 2.50 bits per heavy atom. The SMILES string of the molecule is Cn1cc(NC2CNCC(Nc3ccccc3)O2)cn1. The molecule has 2 aromatic rings. The van der Waals surface area contributed by atoms with Crippen molar-refractivity contribution in [3.63, 3.8) is 0 Å². The summed E-state index contributed by atoms with van der Waals surface area (Å²) in [7, 11) is 1.89. The Morgan fingerprint density at radius 2 is 1.85 bits per heavy atom. The summed E-state index contributed by atoms with van der Waals surface area (Å²) in [4.78, 5) is 0. The van der Waals surface area contributed by atoms with Gasteiger partial charge in [0.2, 0.25) is 0 Å². The van der Waals surface area contributed by atoms with E-state index in [0.29, 0.717) is 0 Å². The lowest BCUT2D eigenvalue weighted by Crippen LogP contribution is -2.50. The number of anilines is 2. The molecule has 0 saturated carbocycles. The lowest BCUT2D eigenvalue weighted by molar-refractivity contribution is -0.00661. The standard InChI is InChI=1S/C14H19N5O/c1-19-10-12(7-16-19)18-14-9-15-8-13(20-14)17-11-5-3-2-4-6-11/h2-7,10,13-15,17-18H,8-9H2,1H3. The van der Waals surface area contributed by atoms with Crippen LogP contribution >= 0.6 is 0 Å². The summed E-state index contributed by atoms with van der Waals surface area (Å²) in [6.07, 6.45) is 3.59. The molecule has 20 heavy (non-hydrogen) atoms. The van der Waals surface area contributed by atoms with E-state index < -0.39 is 0 Å². The molecule has 106 valence electrons. The fourth-order valence-corrected chi connectivity index (χ4v) is 2.21. The predicted octanol–water partition coefficient (Wildman–Crippen LogP) is 1.22. The molecule has 0 aliphatic carbocycles. The van der Waals surface area contributed by atoms with Gasteiger partial charge < -0.3 is 20.7 Å². The van der Waals surface area contributed by atoms with E-state index in [0.717, 1.165) is 24.5 Å². The Bertz CT molecular complexity index is 542. The molecule has 2 heterocycles. The van der Waals surface area contributed by atoms with Gasteiger partial charge in [-0.1, -0.05) is 18.2 Å². The van der Waals surface area contributed by atoms with Crippen LogP contribution in [-0.2, 0) is 11.8 Å². The van der Waals surface area contributed by atoms with Crippen molar-refractivity contribution in [1.29, 1.82) is 0 Å². The lowest BCUT2D eigenvalue weighted by Gasteiger charge is -2.32. The van der Waals surface area contributed by atoms with E-state index in [-0.39, 0.29) is 12.5 Å². The van der Waals surface area contributed by atoms with Crippen LogP contribution < -0.4 is 16.0 Å². The number of hydrogen-bond acceptors (Lipinski definition) is 5. The van der Waals surface area contributed by atoms with Crippen molar-refractivity contribution in [2.75, 3.05) is 23.7 Å². The number of nitrogens with one attached hydrogen (secondary N) is 3. The highest BCUT2D eigenvalue weighted by atomic mass is 16.5. The van der Waals surface area contributed by atoms with Crippen molar-refractivity contribution in [2.24, 2.45) is 7.05 Å². The van der Waals surface area contributed by atoms with Crippen LogP contribution in [0.5, 0.6) is 0 Å². The Morgan fingerprint density at radius 1 is 1.15 bits per heavy atom. The van der Waals surface area contributed by atoms with Gasteiger partial charge in [0.05, 0.1) is 11.9 Å². The molecule has 0 radical (unpaired) electrons. The molecule has 0 amide bonds. The van der Waals surface area contributed by atoms with E-state index in [1.165, 1.54) is 0 Å². The molecular formula is C14H19N5O. The summed E-state index contributed by atoms with van der Waals surface area (Å²) in [5.74, 6) is 0. The third-order valence-corrected chi connectivity index (χ3v) is 3.12. The van der Waals surface area contributed by atoms with Gasteiger partial charge in [0, 0.05) is 32.0 Å². The normalized spacial score (nSPS) is 22.4. The molecule has 1 aliphatic heterocycles. The third kappa shape index (κ3) is 3.28. The Kier molecular flexibility index (Phi) is 3.85. The zero-order valence-corrected chi connectivity index (χ0v) is 11.4. The van der Waals surface area contributed by atoms with Crippen molar-refractivity contribution in [3.8, 4) is 0 Å². The molecule has 0 spiro atoms. The molecule has 6 heteroatoms. The van der Waals surface area contributed by atoms with Gasteiger partial charge in [-0.25, -0.2) is 0 Å². The molecule has 3 N–H and O–H groups in total. The second-order valence-corrected chi connectivity index (χ2v) is 4.83. The summed E-state index contributed by atoms with van der Waals surface area (Å²) in [6.45, 7) is 1.54.